The fourth-order valence-electron chi connectivity index (χ4n) is 1.17. The molecular formula is C11H13IO2. The second-order valence-corrected chi connectivity index (χ2v) is 4.55. The number of methoxy groups -OCH3 is 1. The number of rotatable bonds is 2. The van der Waals surface area contributed by atoms with Crippen LogP contribution in [0.3, 0.4) is 0 Å². The van der Waals surface area contributed by atoms with Gasteiger partial charge in [-0.1, -0.05) is 19.9 Å². The quantitative estimate of drug-likeness (QED) is 0.619. The molecule has 0 fully saturated rings. The van der Waals surface area contributed by atoms with E-state index in [1.54, 1.807) is 0 Å². The zero-order valence-electron chi connectivity index (χ0n) is 8.50. The van der Waals surface area contributed by atoms with Gasteiger partial charge in [0.25, 0.3) is 0 Å². The smallest absolute Gasteiger partial charge is 0.338 e. The molecule has 0 aliphatic heterocycles. The SMILES string of the molecule is COC(=O)c1cc(C(C)C)ccc1I. The standard InChI is InChI=1S/C11H13IO2/c1-7(2)8-4-5-10(12)9(6-8)11(13)14-3/h4-7H,1-3H3. The van der Waals surface area contributed by atoms with Crippen molar-refractivity contribution in [2.75, 3.05) is 7.11 Å². The van der Waals surface area contributed by atoms with E-state index in [1.165, 1.54) is 7.11 Å². The third-order valence-electron chi connectivity index (χ3n) is 2.06. The highest BCUT2D eigenvalue weighted by Gasteiger charge is 2.11. The van der Waals surface area contributed by atoms with Gasteiger partial charge in [-0.25, -0.2) is 4.79 Å². The Balaban J connectivity index is 3.15. The fourth-order valence-corrected chi connectivity index (χ4v) is 1.72. The van der Waals surface area contributed by atoms with Gasteiger partial charge in [0.2, 0.25) is 0 Å². The van der Waals surface area contributed by atoms with Gasteiger partial charge >= 0.3 is 5.97 Å². The molecule has 0 aliphatic rings. The van der Waals surface area contributed by atoms with Gasteiger partial charge in [-0.15, -0.1) is 0 Å². The van der Waals surface area contributed by atoms with Crippen LogP contribution in [0.25, 0.3) is 0 Å². The van der Waals surface area contributed by atoms with E-state index in [4.69, 9.17) is 4.74 Å². The van der Waals surface area contributed by atoms with Crippen LogP contribution in [0.1, 0.15) is 35.7 Å². The number of halogens is 1. The molecule has 76 valence electrons. The molecule has 0 radical (unpaired) electrons. The van der Waals surface area contributed by atoms with Gasteiger partial charge < -0.3 is 4.74 Å². The van der Waals surface area contributed by atoms with Crippen molar-refractivity contribution in [1.29, 1.82) is 0 Å². The molecule has 0 amide bonds. The first-order valence-corrected chi connectivity index (χ1v) is 5.52. The van der Waals surface area contributed by atoms with Crippen LogP contribution in [0.15, 0.2) is 18.2 Å². The van der Waals surface area contributed by atoms with Crippen LogP contribution in [-0.4, -0.2) is 13.1 Å². The summed E-state index contributed by atoms with van der Waals surface area (Å²) in [6, 6.07) is 5.89. The summed E-state index contributed by atoms with van der Waals surface area (Å²) >= 11 is 2.14. The van der Waals surface area contributed by atoms with Crippen molar-refractivity contribution < 1.29 is 9.53 Å². The van der Waals surface area contributed by atoms with Gasteiger partial charge in [0.15, 0.2) is 0 Å². The number of hydrogen-bond acceptors (Lipinski definition) is 2. The molecule has 0 saturated carbocycles. The van der Waals surface area contributed by atoms with E-state index in [0.29, 0.717) is 11.5 Å². The Morgan fingerprint density at radius 1 is 1.43 bits per heavy atom. The minimum Gasteiger partial charge on any atom is -0.465 e. The molecule has 1 rings (SSSR count). The van der Waals surface area contributed by atoms with Crippen molar-refractivity contribution >= 4 is 28.6 Å². The zero-order valence-corrected chi connectivity index (χ0v) is 10.7. The van der Waals surface area contributed by atoms with Crippen molar-refractivity contribution in [3.05, 3.63) is 32.9 Å². The Morgan fingerprint density at radius 2 is 2.07 bits per heavy atom. The molecular weight excluding hydrogens is 291 g/mol. The highest BCUT2D eigenvalue weighted by molar-refractivity contribution is 14.1. The molecule has 0 bridgehead atoms. The molecule has 2 nitrogen and oxygen atoms in total. The first-order chi connectivity index (χ1) is 6.56. The summed E-state index contributed by atoms with van der Waals surface area (Å²) < 4.78 is 5.64. The summed E-state index contributed by atoms with van der Waals surface area (Å²) in [6.07, 6.45) is 0. The Hall–Kier alpha value is -0.580. The van der Waals surface area contributed by atoms with Crippen molar-refractivity contribution in [1.82, 2.24) is 0 Å². The third kappa shape index (κ3) is 2.47. The topological polar surface area (TPSA) is 26.3 Å². The maximum absolute atomic E-state index is 11.4. The third-order valence-corrected chi connectivity index (χ3v) is 3.00. The summed E-state index contributed by atoms with van der Waals surface area (Å²) in [7, 11) is 1.40. The van der Waals surface area contributed by atoms with E-state index in [1.807, 2.05) is 18.2 Å². The highest BCUT2D eigenvalue weighted by atomic mass is 127. The van der Waals surface area contributed by atoms with E-state index < -0.39 is 0 Å². The summed E-state index contributed by atoms with van der Waals surface area (Å²) in [5.41, 5.74) is 1.81. The lowest BCUT2D eigenvalue weighted by atomic mass is 10.0. The number of ether oxygens (including phenoxy) is 1. The van der Waals surface area contributed by atoms with Crippen molar-refractivity contribution in [3.8, 4) is 0 Å². The number of hydrogen-bond donors (Lipinski definition) is 0. The van der Waals surface area contributed by atoms with Crippen LogP contribution in [0, 0.1) is 3.57 Å². The molecule has 0 aliphatic carbocycles. The number of esters is 1. The molecule has 1 aromatic carbocycles. The maximum Gasteiger partial charge on any atom is 0.338 e. The van der Waals surface area contributed by atoms with Crippen LogP contribution in [0.5, 0.6) is 0 Å². The first-order valence-electron chi connectivity index (χ1n) is 4.44. The van der Waals surface area contributed by atoms with Gasteiger partial charge in [0.1, 0.15) is 0 Å². The second kappa shape index (κ2) is 4.77. The molecule has 0 atom stereocenters. The normalized spacial score (nSPS) is 10.4. The molecule has 0 spiro atoms. The average Bonchev–Trinajstić information content (AvgIpc) is 2.17. The van der Waals surface area contributed by atoms with E-state index >= 15 is 0 Å². The molecule has 0 heterocycles. The van der Waals surface area contributed by atoms with Crippen molar-refractivity contribution in [2.24, 2.45) is 0 Å². The molecule has 0 N–H and O–H groups in total. The van der Waals surface area contributed by atoms with Crippen molar-refractivity contribution in [3.63, 3.8) is 0 Å². The predicted octanol–water partition coefficient (Wildman–Crippen LogP) is 3.20. The molecule has 0 saturated heterocycles. The Kier molecular flexibility index (Phi) is 3.92. The number of carbonyl (C=O) groups is 1. The Bertz CT molecular complexity index is 345. The van der Waals surface area contributed by atoms with Crippen LogP contribution in [0.2, 0.25) is 0 Å². The van der Waals surface area contributed by atoms with Crippen molar-refractivity contribution in [2.45, 2.75) is 19.8 Å². The minimum absolute atomic E-state index is 0.267. The van der Waals surface area contributed by atoms with E-state index in [0.717, 1.165) is 9.13 Å². The zero-order chi connectivity index (χ0) is 10.7. The van der Waals surface area contributed by atoms with E-state index in [-0.39, 0.29) is 5.97 Å². The fraction of sp³-hybridized carbons (Fsp3) is 0.364. The van der Waals surface area contributed by atoms with E-state index in [2.05, 4.69) is 36.4 Å². The van der Waals surface area contributed by atoms with Crippen LogP contribution >= 0.6 is 22.6 Å². The van der Waals surface area contributed by atoms with Gasteiger partial charge in [-0.3, -0.25) is 0 Å². The summed E-state index contributed by atoms with van der Waals surface area (Å²) in [4.78, 5) is 11.4. The molecule has 3 heteroatoms. The lowest BCUT2D eigenvalue weighted by Gasteiger charge is -2.08. The van der Waals surface area contributed by atoms with Gasteiger partial charge in [-0.05, 0) is 46.2 Å². The summed E-state index contributed by atoms with van der Waals surface area (Å²) in [5, 5.41) is 0. The van der Waals surface area contributed by atoms with Gasteiger partial charge in [-0.2, -0.15) is 0 Å². The second-order valence-electron chi connectivity index (χ2n) is 3.39. The average molecular weight is 304 g/mol. The summed E-state index contributed by atoms with van der Waals surface area (Å²) in [6.45, 7) is 4.20. The predicted molar refractivity (Wildman–Crippen MR) is 64.6 cm³/mol. The Labute approximate surface area is 97.8 Å². The number of benzene rings is 1. The van der Waals surface area contributed by atoms with E-state index in [9.17, 15) is 4.79 Å². The number of carbonyl (C=O) groups excluding carboxylic acids is 1. The first kappa shape index (κ1) is 11.5. The largest absolute Gasteiger partial charge is 0.465 e. The Morgan fingerprint density at radius 3 is 2.57 bits per heavy atom. The molecule has 0 unspecified atom stereocenters. The maximum atomic E-state index is 11.4. The molecule has 1 aromatic rings. The minimum atomic E-state index is -0.267. The summed E-state index contributed by atoms with van der Waals surface area (Å²) in [5.74, 6) is 0.160. The highest BCUT2D eigenvalue weighted by Crippen LogP contribution is 2.20. The van der Waals surface area contributed by atoms with Gasteiger partial charge in [0, 0.05) is 3.57 Å². The lowest BCUT2D eigenvalue weighted by Crippen LogP contribution is -2.05. The van der Waals surface area contributed by atoms with Crippen LogP contribution in [0.4, 0.5) is 0 Å². The molecule has 14 heavy (non-hydrogen) atoms. The molecule has 0 aromatic heterocycles. The monoisotopic (exact) mass is 304 g/mol. The van der Waals surface area contributed by atoms with Gasteiger partial charge in [0.05, 0.1) is 12.7 Å². The van der Waals surface area contributed by atoms with Crippen LogP contribution < -0.4 is 0 Å². The lowest BCUT2D eigenvalue weighted by molar-refractivity contribution is 0.0599. The van der Waals surface area contributed by atoms with Crippen LogP contribution in [-0.2, 0) is 4.74 Å².